The van der Waals surface area contributed by atoms with E-state index in [1.807, 2.05) is 41.5 Å². The first-order valence-corrected chi connectivity index (χ1v) is 8.85. The Balaban J connectivity index is 2.06. The molecule has 1 aromatic carbocycles. The molecular formula is C16H12ClFN4OS. The molecule has 0 N–H and O–H groups in total. The number of pyridine rings is 1. The van der Waals surface area contributed by atoms with Crippen molar-refractivity contribution in [3.63, 3.8) is 0 Å². The third kappa shape index (κ3) is 2.44. The van der Waals surface area contributed by atoms with Gasteiger partial charge in [0.1, 0.15) is 17.5 Å². The highest BCUT2D eigenvalue weighted by Crippen LogP contribution is 2.40. The van der Waals surface area contributed by atoms with Gasteiger partial charge in [-0.2, -0.15) is 4.98 Å². The summed E-state index contributed by atoms with van der Waals surface area (Å²) in [5.41, 5.74) is 1.07. The van der Waals surface area contributed by atoms with Gasteiger partial charge in [-0.25, -0.2) is 14.4 Å². The number of thioether (sulfide) groups is 1. The Morgan fingerprint density at radius 2 is 2.00 bits per heavy atom. The summed E-state index contributed by atoms with van der Waals surface area (Å²) in [4.78, 5) is 14.9. The minimum atomic E-state index is -0.659. The molecule has 24 heavy (non-hydrogen) atoms. The zero-order valence-corrected chi connectivity index (χ0v) is 14.2. The monoisotopic (exact) mass is 362 g/mol. The second-order valence-electron chi connectivity index (χ2n) is 5.11. The fraction of sp³-hybridized carbons (Fsp3) is 0.188. The molecule has 0 bridgehead atoms. The molecule has 8 heteroatoms. The van der Waals surface area contributed by atoms with E-state index >= 15 is 0 Å². The maximum absolute atomic E-state index is 14.5. The van der Waals surface area contributed by atoms with Gasteiger partial charge in [0.15, 0.2) is 21.9 Å². The highest BCUT2D eigenvalue weighted by Gasteiger charge is 2.27. The molecule has 0 aliphatic carbocycles. The molecule has 1 aliphatic rings. The first-order valence-electron chi connectivity index (χ1n) is 7.25. The van der Waals surface area contributed by atoms with Crippen LogP contribution in [0.5, 0.6) is 5.88 Å². The first kappa shape index (κ1) is 15.4. The average Bonchev–Trinajstić information content (AvgIpc) is 2.80. The number of para-hydroxylation sites is 1. The van der Waals surface area contributed by atoms with Gasteiger partial charge >= 0.3 is 0 Å². The van der Waals surface area contributed by atoms with E-state index in [0.717, 1.165) is 5.69 Å². The van der Waals surface area contributed by atoms with Crippen LogP contribution in [0.3, 0.4) is 0 Å². The topological polar surface area (TPSA) is 51.1 Å². The van der Waals surface area contributed by atoms with E-state index in [2.05, 4.69) is 15.0 Å². The van der Waals surface area contributed by atoms with Crippen LogP contribution in [0, 0.1) is 5.82 Å². The van der Waals surface area contributed by atoms with E-state index in [1.165, 1.54) is 11.8 Å². The SMILES string of the molecule is CSc1nc2c3c(nc(Cl)c(F)c3n1)OCCN2c1ccccc1. The lowest BCUT2D eigenvalue weighted by molar-refractivity contribution is 0.322. The molecule has 0 radical (unpaired) electrons. The molecule has 0 saturated heterocycles. The van der Waals surface area contributed by atoms with Crippen LogP contribution in [-0.4, -0.2) is 34.4 Å². The van der Waals surface area contributed by atoms with Crippen LogP contribution < -0.4 is 9.64 Å². The minimum Gasteiger partial charge on any atom is -0.475 e. The molecule has 0 unspecified atom stereocenters. The smallest absolute Gasteiger partial charge is 0.228 e. The van der Waals surface area contributed by atoms with Crippen LogP contribution in [0.4, 0.5) is 15.9 Å². The summed E-state index contributed by atoms with van der Waals surface area (Å²) in [7, 11) is 0. The quantitative estimate of drug-likeness (QED) is 0.389. The predicted octanol–water partition coefficient (Wildman–Crippen LogP) is 4.07. The van der Waals surface area contributed by atoms with Crippen molar-refractivity contribution in [2.45, 2.75) is 5.16 Å². The molecule has 122 valence electrons. The van der Waals surface area contributed by atoms with E-state index in [9.17, 15) is 4.39 Å². The minimum absolute atomic E-state index is 0.127. The van der Waals surface area contributed by atoms with Crippen LogP contribution in [0.1, 0.15) is 0 Å². The molecule has 0 amide bonds. The average molecular weight is 363 g/mol. The van der Waals surface area contributed by atoms with Gasteiger partial charge in [0, 0.05) is 5.69 Å². The van der Waals surface area contributed by atoms with E-state index < -0.39 is 5.82 Å². The van der Waals surface area contributed by atoms with Crippen LogP contribution in [0.25, 0.3) is 10.9 Å². The summed E-state index contributed by atoms with van der Waals surface area (Å²) in [6.45, 7) is 0.934. The lowest BCUT2D eigenvalue weighted by Crippen LogP contribution is -2.22. The molecule has 3 heterocycles. The van der Waals surface area contributed by atoms with Crippen molar-refractivity contribution in [1.29, 1.82) is 0 Å². The van der Waals surface area contributed by atoms with Crippen molar-refractivity contribution < 1.29 is 9.13 Å². The number of halogens is 2. The molecule has 0 atom stereocenters. The van der Waals surface area contributed by atoms with E-state index in [-0.39, 0.29) is 16.5 Å². The lowest BCUT2D eigenvalue weighted by atomic mass is 10.2. The molecule has 4 rings (SSSR count). The largest absolute Gasteiger partial charge is 0.475 e. The summed E-state index contributed by atoms with van der Waals surface area (Å²) in [6.07, 6.45) is 1.84. The number of nitrogens with zero attached hydrogens (tertiary/aromatic N) is 4. The summed E-state index contributed by atoms with van der Waals surface area (Å²) in [6, 6.07) is 9.76. The van der Waals surface area contributed by atoms with Gasteiger partial charge in [-0.15, -0.1) is 0 Å². The Morgan fingerprint density at radius 3 is 2.75 bits per heavy atom. The molecule has 3 aromatic rings. The molecule has 1 aliphatic heterocycles. The van der Waals surface area contributed by atoms with E-state index in [0.29, 0.717) is 29.5 Å². The third-order valence-corrected chi connectivity index (χ3v) is 4.53. The molecular weight excluding hydrogens is 351 g/mol. The zero-order valence-electron chi connectivity index (χ0n) is 12.7. The van der Waals surface area contributed by atoms with Gasteiger partial charge in [-0.3, -0.25) is 0 Å². The number of anilines is 2. The van der Waals surface area contributed by atoms with Gasteiger partial charge in [-0.1, -0.05) is 41.6 Å². The van der Waals surface area contributed by atoms with Gasteiger partial charge in [0.2, 0.25) is 5.88 Å². The lowest BCUT2D eigenvalue weighted by Gasteiger charge is -2.22. The Kier molecular flexibility index (Phi) is 3.90. The molecule has 5 nitrogen and oxygen atoms in total. The van der Waals surface area contributed by atoms with E-state index in [4.69, 9.17) is 16.3 Å². The van der Waals surface area contributed by atoms with Gasteiger partial charge in [0.05, 0.1) is 6.54 Å². The van der Waals surface area contributed by atoms with Gasteiger partial charge < -0.3 is 9.64 Å². The summed E-state index contributed by atoms with van der Waals surface area (Å²) < 4.78 is 20.2. The number of benzene rings is 1. The molecule has 2 aromatic heterocycles. The van der Waals surface area contributed by atoms with Crippen molar-refractivity contribution in [2.75, 3.05) is 24.3 Å². The third-order valence-electron chi connectivity index (χ3n) is 3.73. The molecule has 0 saturated carbocycles. The number of hydrogen-bond donors (Lipinski definition) is 0. The van der Waals surface area contributed by atoms with E-state index in [1.54, 1.807) is 0 Å². The van der Waals surface area contributed by atoms with Gasteiger partial charge in [0.25, 0.3) is 0 Å². The van der Waals surface area contributed by atoms with Crippen molar-refractivity contribution >= 4 is 45.8 Å². The predicted molar refractivity (Wildman–Crippen MR) is 93.0 cm³/mol. The maximum Gasteiger partial charge on any atom is 0.228 e. The van der Waals surface area contributed by atoms with Gasteiger partial charge in [-0.05, 0) is 18.4 Å². The first-order chi connectivity index (χ1) is 11.7. The second kappa shape index (κ2) is 6.07. The Morgan fingerprint density at radius 1 is 1.21 bits per heavy atom. The Labute approximate surface area is 146 Å². The zero-order chi connectivity index (χ0) is 16.7. The Hall–Kier alpha value is -2.12. The van der Waals surface area contributed by atoms with Crippen molar-refractivity contribution in [1.82, 2.24) is 15.0 Å². The molecule has 0 fully saturated rings. The summed E-state index contributed by atoms with van der Waals surface area (Å²) in [5, 5.41) is 0.658. The van der Waals surface area contributed by atoms with Crippen LogP contribution in [-0.2, 0) is 0 Å². The number of ether oxygens (including phenoxy) is 1. The maximum atomic E-state index is 14.5. The van der Waals surface area contributed by atoms with Crippen molar-refractivity contribution in [2.24, 2.45) is 0 Å². The standard InChI is InChI=1S/C16H12ClFN4OS/c1-24-16-19-12-10-14(21-16)22(9-5-3-2-4-6-9)7-8-23-15(10)20-13(17)11(12)18/h2-6H,7-8H2,1H3. The number of rotatable bonds is 2. The normalized spacial score (nSPS) is 13.7. The highest BCUT2D eigenvalue weighted by molar-refractivity contribution is 7.98. The fourth-order valence-corrected chi connectivity index (χ4v) is 3.19. The molecule has 0 spiro atoms. The highest BCUT2D eigenvalue weighted by atomic mass is 35.5. The van der Waals surface area contributed by atoms with Crippen LogP contribution in [0.15, 0.2) is 35.5 Å². The van der Waals surface area contributed by atoms with Crippen molar-refractivity contribution in [3.8, 4) is 5.88 Å². The van der Waals surface area contributed by atoms with Crippen molar-refractivity contribution in [3.05, 3.63) is 41.3 Å². The van der Waals surface area contributed by atoms with Crippen LogP contribution in [0.2, 0.25) is 5.15 Å². The summed E-state index contributed by atoms with van der Waals surface area (Å²) in [5.74, 6) is 0.177. The second-order valence-corrected chi connectivity index (χ2v) is 6.25. The van der Waals surface area contributed by atoms with Crippen LogP contribution >= 0.6 is 23.4 Å². The number of aromatic nitrogens is 3. The summed E-state index contributed by atoms with van der Waals surface area (Å²) >= 11 is 7.25. The Bertz CT molecular complexity index is 925. The fourth-order valence-electron chi connectivity index (χ4n) is 2.67. The number of hydrogen-bond acceptors (Lipinski definition) is 6.